The maximum absolute atomic E-state index is 11.5. The Morgan fingerprint density at radius 1 is 1.19 bits per heavy atom. The van der Waals surface area contributed by atoms with E-state index < -0.39 is 12.2 Å². The van der Waals surface area contributed by atoms with Gasteiger partial charge in [0.25, 0.3) is 0 Å². The van der Waals surface area contributed by atoms with Gasteiger partial charge in [0.1, 0.15) is 0 Å². The SMILES string of the molecule is C=C1[C@@H](O)[C@]23C[C@@H]1[C@@H](O)CC2[C@@]12[C@@H](O)CC[C@@]4(C)CN(CC)[C@@H]1[C@@H]3C[C@@H]42. The summed E-state index contributed by atoms with van der Waals surface area (Å²) in [5, 5.41) is 33.8. The van der Waals surface area contributed by atoms with Gasteiger partial charge in [-0.1, -0.05) is 20.4 Å². The normalized spacial score (nSPS) is 65.5. The summed E-state index contributed by atoms with van der Waals surface area (Å²) >= 11 is 0. The van der Waals surface area contributed by atoms with Crippen molar-refractivity contribution >= 4 is 0 Å². The van der Waals surface area contributed by atoms with Crippen molar-refractivity contribution in [3.05, 3.63) is 12.2 Å². The topological polar surface area (TPSA) is 63.9 Å². The van der Waals surface area contributed by atoms with Gasteiger partial charge in [0.2, 0.25) is 0 Å². The Hall–Kier alpha value is -0.420. The quantitative estimate of drug-likeness (QED) is 0.625. The second-order valence-electron chi connectivity index (χ2n) is 10.9. The van der Waals surface area contributed by atoms with E-state index >= 15 is 0 Å². The van der Waals surface area contributed by atoms with E-state index in [4.69, 9.17) is 0 Å². The zero-order chi connectivity index (χ0) is 18.2. The van der Waals surface area contributed by atoms with Gasteiger partial charge >= 0.3 is 0 Å². The fourth-order valence-electron chi connectivity index (χ4n) is 9.97. The standard InChI is InChI=1S/C22H33NO3/c1-4-23-10-20(3)6-5-17(25)22-15(20)7-13(18(22)23)21-9-12(11(2)19(21)26)14(24)8-16(21)22/h12-19,24-26H,2,4-10H2,1,3H3/t12-,13-,14-,15-,16?,17-,18+,19+,20-,21-,22-/m0/s1. The van der Waals surface area contributed by atoms with Crippen molar-refractivity contribution in [3.63, 3.8) is 0 Å². The summed E-state index contributed by atoms with van der Waals surface area (Å²) in [6, 6.07) is 0.373. The predicted octanol–water partition coefficient (Wildman–Crippen LogP) is 1.79. The molecule has 0 aromatic heterocycles. The Balaban J connectivity index is 1.61. The van der Waals surface area contributed by atoms with Gasteiger partial charge in [-0.2, -0.15) is 0 Å². The van der Waals surface area contributed by atoms with E-state index in [1.165, 1.54) is 0 Å². The molecule has 5 saturated carbocycles. The van der Waals surface area contributed by atoms with Crippen molar-refractivity contribution in [3.8, 4) is 0 Å². The van der Waals surface area contributed by atoms with Crippen LogP contribution in [0, 0.1) is 39.9 Å². The fraction of sp³-hybridized carbons (Fsp3) is 0.909. The average Bonchev–Trinajstić information content (AvgIpc) is 3.14. The maximum atomic E-state index is 11.5. The number of hydrogen-bond donors (Lipinski definition) is 3. The summed E-state index contributed by atoms with van der Waals surface area (Å²) in [4.78, 5) is 2.65. The van der Waals surface area contributed by atoms with E-state index in [-0.39, 0.29) is 34.2 Å². The second-order valence-corrected chi connectivity index (χ2v) is 10.9. The summed E-state index contributed by atoms with van der Waals surface area (Å²) in [7, 11) is 0. The summed E-state index contributed by atoms with van der Waals surface area (Å²) in [5.74, 6) is 1.26. The van der Waals surface area contributed by atoms with Crippen LogP contribution < -0.4 is 0 Å². The summed E-state index contributed by atoms with van der Waals surface area (Å²) < 4.78 is 0. The molecule has 26 heavy (non-hydrogen) atoms. The molecule has 6 rings (SSSR count). The molecule has 3 N–H and O–H groups in total. The van der Waals surface area contributed by atoms with E-state index in [1.54, 1.807) is 0 Å². The fourth-order valence-corrected chi connectivity index (χ4v) is 9.97. The lowest BCUT2D eigenvalue weighted by Crippen LogP contribution is -2.68. The minimum absolute atomic E-state index is 0.0547. The van der Waals surface area contributed by atoms with Crippen LogP contribution in [0.1, 0.15) is 46.0 Å². The first-order valence-corrected chi connectivity index (χ1v) is 10.8. The summed E-state index contributed by atoms with van der Waals surface area (Å²) in [6.07, 6.45) is 3.58. The van der Waals surface area contributed by atoms with Crippen LogP contribution in [0.4, 0.5) is 0 Å². The van der Waals surface area contributed by atoms with Crippen LogP contribution in [0.3, 0.4) is 0 Å². The molecule has 6 fully saturated rings. The number of piperidine rings is 1. The first-order chi connectivity index (χ1) is 12.3. The molecule has 0 aromatic rings. The molecule has 6 aliphatic rings. The highest BCUT2D eigenvalue weighted by Crippen LogP contribution is 2.83. The Morgan fingerprint density at radius 2 is 1.96 bits per heavy atom. The lowest BCUT2D eigenvalue weighted by atomic mass is 9.43. The molecular formula is C22H33NO3. The Bertz CT molecular complexity index is 695. The molecule has 1 unspecified atom stereocenters. The highest BCUT2D eigenvalue weighted by Gasteiger charge is 2.85. The molecule has 1 aliphatic heterocycles. The van der Waals surface area contributed by atoms with Crippen LogP contribution in [0.2, 0.25) is 0 Å². The van der Waals surface area contributed by atoms with Crippen molar-refractivity contribution in [1.29, 1.82) is 0 Å². The van der Waals surface area contributed by atoms with Gasteiger partial charge in [-0.05, 0) is 67.4 Å². The van der Waals surface area contributed by atoms with Crippen LogP contribution in [0.25, 0.3) is 0 Å². The number of rotatable bonds is 1. The largest absolute Gasteiger partial charge is 0.392 e. The molecule has 1 heterocycles. The second kappa shape index (κ2) is 4.59. The van der Waals surface area contributed by atoms with E-state index in [1.807, 2.05) is 0 Å². The Kier molecular flexibility index (Phi) is 2.92. The molecule has 5 aliphatic carbocycles. The molecule has 7 bridgehead atoms. The number of nitrogens with zero attached hydrogens (tertiary/aromatic N) is 1. The van der Waals surface area contributed by atoms with Crippen LogP contribution in [-0.4, -0.2) is 57.7 Å². The third kappa shape index (κ3) is 1.37. The van der Waals surface area contributed by atoms with Crippen LogP contribution in [-0.2, 0) is 0 Å². The maximum Gasteiger partial charge on any atom is 0.0813 e. The van der Waals surface area contributed by atoms with Gasteiger partial charge in [0.05, 0.1) is 18.3 Å². The van der Waals surface area contributed by atoms with E-state index in [0.29, 0.717) is 17.9 Å². The van der Waals surface area contributed by atoms with Gasteiger partial charge in [0, 0.05) is 29.3 Å². The Labute approximate surface area is 156 Å². The van der Waals surface area contributed by atoms with Gasteiger partial charge in [0.15, 0.2) is 0 Å². The van der Waals surface area contributed by atoms with Crippen molar-refractivity contribution in [2.45, 2.75) is 70.3 Å². The molecule has 0 radical (unpaired) electrons. The lowest BCUT2D eigenvalue weighted by molar-refractivity contribution is -0.218. The minimum Gasteiger partial charge on any atom is -0.392 e. The average molecular weight is 360 g/mol. The monoisotopic (exact) mass is 359 g/mol. The highest BCUT2D eigenvalue weighted by atomic mass is 16.3. The van der Waals surface area contributed by atoms with E-state index in [9.17, 15) is 15.3 Å². The minimum atomic E-state index is -0.500. The van der Waals surface area contributed by atoms with Gasteiger partial charge < -0.3 is 15.3 Å². The van der Waals surface area contributed by atoms with Crippen molar-refractivity contribution in [1.82, 2.24) is 4.90 Å². The van der Waals surface area contributed by atoms with Gasteiger partial charge in [-0.15, -0.1) is 0 Å². The van der Waals surface area contributed by atoms with Crippen LogP contribution >= 0.6 is 0 Å². The van der Waals surface area contributed by atoms with Crippen molar-refractivity contribution in [2.24, 2.45) is 39.9 Å². The molecular weight excluding hydrogens is 326 g/mol. The number of likely N-dealkylation sites (tertiary alicyclic amines) is 1. The molecule has 0 aromatic carbocycles. The van der Waals surface area contributed by atoms with Crippen LogP contribution in [0.15, 0.2) is 12.2 Å². The smallest absolute Gasteiger partial charge is 0.0813 e. The van der Waals surface area contributed by atoms with Crippen molar-refractivity contribution < 1.29 is 15.3 Å². The number of aliphatic hydroxyl groups is 3. The molecule has 1 saturated heterocycles. The van der Waals surface area contributed by atoms with Crippen molar-refractivity contribution in [2.75, 3.05) is 13.1 Å². The summed E-state index contributed by atoms with van der Waals surface area (Å²) in [5.41, 5.74) is 0.849. The summed E-state index contributed by atoms with van der Waals surface area (Å²) in [6.45, 7) is 11.1. The van der Waals surface area contributed by atoms with Crippen LogP contribution in [0.5, 0.6) is 0 Å². The van der Waals surface area contributed by atoms with E-state index in [2.05, 4.69) is 25.3 Å². The first kappa shape index (κ1) is 16.5. The zero-order valence-electron chi connectivity index (χ0n) is 16.1. The van der Waals surface area contributed by atoms with E-state index in [0.717, 1.165) is 50.8 Å². The highest BCUT2D eigenvalue weighted by molar-refractivity contribution is 5.39. The predicted molar refractivity (Wildman–Crippen MR) is 98.2 cm³/mol. The number of aliphatic hydroxyl groups excluding tert-OH is 3. The molecule has 4 heteroatoms. The molecule has 4 nitrogen and oxygen atoms in total. The number of fused-ring (bicyclic) bond motifs is 1. The zero-order valence-corrected chi connectivity index (χ0v) is 16.1. The lowest BCUT2D eigenvalue weighted by Gasteiger charge is -2.65. The Morgan fingerprint density at radius 3 is 2.69 bits per heavy atom. The van der Waals surface area contributed by atoms with Gasteiger partial charge in [-0.25, -0.2) is 0 Å². The molecule has 2 spiro atoms. The van der Waals surface area contributed by atoms with Gasteiger partial charge in [-0.3, -0.25) is 4.90 Å². The molecule has 0 amide bonds. The third-order valence-electron chi connectivity index (χ3n) is 10.6. The first-order valence-electron chi connectivity index (χ1n) is 10.8. The molecule has 11 atom stereocenters. The molecule has 144 valence electrons. The third-order valence-corrected chi connectivity index (χ3v) is 10.6. The number of hydrogen-bond acceptors (Lipinski definition) is 4.